The van der Waals surface area contributed by atoms with Crippen molar-refractivity contribution < 1.29 is 39.1 Å². The van der Waals surface area contributed by atoms with Crippen LogP contribution >= 0.6 is 0 Å². The number of methoxy groups -OCH3 is 3. The highest BCUT2D eigenvalue weighted by Crippen LogP contribution is 2.57. The second-order valence-electron chi connectivity index (χ2n) is 10.5. The van der Waals surface area contributed by atoms with Crippen molar-refractivity contribution in [2.24, 2.45) is 0 Å². The predicted octanol–water partition coefficient (Wildman–Crippen LogP) is 5.50. The van der Waals surface area contributed by atoms with Crippen LogP contribution in [0.5, 0.6) is 34.5 Å². The number of ketones is 2. The quantitative estimate of drug-likeness (QED) is 0.303. The Hall–Kier alpha value is -4.98. The van der Waals surface area contributed by atoms with Crippen LogP contribution in [0.15, 0.2) is 48.5 Å². The maximum Gasteiger partial charge on any atom is 0.201 e. The SMILES string of the molecule is COc1cc(OC)c2c(c1)[C@H]([C@H]1c3cc(C)cc(O)c3C(=O)c3c(OC)cc(O)cc31)c1cc(C)cc(O)c1C2=O. The van der Waals surface area contributed by atoms with Crippen LogP contribution in [0.1, 0.15) is 77.1 Å². The van der Waals surface area contributed by atoms with Crippen molar-refractivity contribution >= 4 is 11.6 Å². The zero-order valence-electron chi connectivity index (χ0n) is 23.2. The van der Waals surface area contributed by atoms with Crippen molar-refractivity contribution in [1.29, 1.82) is 0 Å². The highest BCUT2D eigenvalue weighted by molar-refractivity contribution is 6.18. The van der Waals surface area contributed by atoms with Gasteiger partial charge < -0.3 is 29.5 Å². The molecule has 3 N–H and O–H groups in total. The smallest absolute Gasteiger partial charge is 0.201 e. The number of hydrogen-bond donors (Lipinski definition) is 3. The Morgan fingerprint density at radius 1 is 0.537 bits per heavy atom. The molecule has 2 atom stereocenters. The van der Waals surface area contributed by atoms with E-state index in [1.54, 1.807) is 12.1 Å². The molecule has 4 aromatic carbocycles. The van der Waals surface area contributed by atoms with E-state index < -0.39 is 23.4 Å². The zero-order chi connectivity index (χ0) is 29.3. The molecule has 0 fully saturated rings. The normalized spacial score (nSPS) is 16.8. The number of carbonyl (C=O) groups is 2. The monoisotopic (exact) mass is 552 g/mol. The molecular weight excluding hydrogens is 524 g/mol. The van der Waals surface area contributed by atoms with Crippen molar-refractivity contribution in [2.45, 2.75) is 25.7 Å². The molecule has 0 unspecified atom stereocenters. The highest BCUT2D eigenvalue weighted by Gasteiger charge is 2.46. The summed E-state index contributed by atoms with van der Waals surface area (Å²) in [5.41, 5.74) is 4.22. The Balaban J connectivity index is 1.81. The molecule has 2 aliphatic carbocycles. The van der Waals surface area contributed by atoms with E-state index in [1.165, 1.54) is 45.6 Å². The number of phenols is 3. The van der Waals surface area contributed by atoms with Crippen molar-refractivity contribution in [3.63, 3.8) is 0 Å². The molecule has 208 valence electrons. The summed E-state index contributed by atoms with van der Waals surface area (Å²) in [6.07, 6.45) is 0. The standard InChI is InChI=1S/C33H28O8/c1-14-6-18-26(20-10-16(34)11-24(40-4)30(20)32(37)28(18)22(35)8-14)27-19-7-15(2)9-23(36)29(19)33(38)31-21(27)12-17(39-3)13-25(31)41-5/h6-13,26-27,34-36H,1-5H3/t26-,27+/m0/s1. The average molecular weight is 553 g/mol. The summed E-state index contributed by atoms with van der Waals surface area (Å²) in [6, 6.07) is 13.0. The zero-order valence-corrected chi connectivity index (χ0v) is 23.2. The number of benzene rings is 4. The Morgan fingerprint density at radius 2 is 0.976 bits per heavy atom. The van der Waals surface area contributed by atoms with Gasteiger partial charge in [-0.2, -0.15) is 0 Å². The van der Waals surface area contributed by atoms with Gasteiger partial charge in [0, 0.05) is 24.0 Å². The summed E-state index contributed by atoms with van der Waals surface area (Å²) >= 11 is 0. The fourth-order valence-electron chi connectivity index (χ4n) is 6.53. The molecule has 8 heteroatoms. The highest BCUT2D eigenvalue weighted by atomic mass is 16.5. The third-order valence-electron chi connectivity index (χ3n) is 8.07. The summed E-state index contributed by atoms with van der Waals surface area (Å²) < 4.78 is 16.8. The van der Waals surface area contributed by atoms with Crippen LogP contribution in [0.2, 0.25) is 0 Å². The van der Waals surface area contributed by atoms with E-state index in [1.807, 2.05) is 26.0 Å². The Labute approximate surface area is 236 Å². The fraction of sp³-hybridized carbons (Fsp3) is 0.212. The number of hydrogen-bond acceptors (Lipinski definition) is 8. The number of phenolic OH excluding ortho intramolecular Hbond substituents is 3. The van der Waals surface area contributed by atoms with Crippen LogP contribution in [-0.4, -0.2) is 48.2 Å². The van der Waals surface area contributed by atoms with Gasteiger partial charge in [-0.1, -0.05) is 12.1 Å². The number of ether oxygens (including phenoxy) is 3. The van der Waals surface area contributed by atoms with E-state index in [2.05, 4.69) is 0 Å². The molecule has 0 radical (unpaired) electrons. The summed E-state index contributed by atoms with van der Waals surface area (Å²) in [4.78, 5) is 28.0. The van der Waals surface area contributed by atoms with Crippen molar-refractivity contribution in [3.8, 4) is 34.5 Å². The minimum Gasteiger partial charge on any atom is -0.508 e. The first-order valence-electron chi connectivity index (χ1n) is 13.0. The molecule has 0 saturated heterocycles. The van der Waals surface area contributed by atoms with Gasteiger partial charge in [-0.15, -0.1) is 0 Å². The molecule has 0 spiro atoms. The van der Waals surface area contributed by atoms with Crippen LogP contribution in [0.25, 0.3) is 0 Å². The maximum atomic E-state index is 14.0. The lowest BCUT2D eigenvalue weighted by atomic mass is 9.63. The molecule has 0 amide bonds. The topological polar surface area (TPSA) is 123 Å². The maximum absolute atomic E-state index is 14.0. The van der Waals surface area contributed by atoms with E-state index in [4.69, 9.17) is 14.2 Å². The molecule has 0 bridgehead atoms. The van der Waals surface area contributed by atoms with E-state index >= 15 is 0 Å². The first kappa shape index (κ1) is 26.3. The van der Waals surface area contributed by atoms with Crippen molar-refractivity contribution in [1.82, 2.24) is 0 Å². The minimum absolute atomic E-state index is 0.110. The summed E-state index contributed by atoms with van der Waals surface area (Å²) in [5.74, 6) is -1.81. The van der Waals surface area contributed by atoms with Crippen molar-refractivity contribution in [3.05, 3.63) is 104 Å². The van der Waals surface area contributed by atoms with Crippen LogP contribution in [0.3, 0.4) is 0 Å². The Morgan fingerprint density at radius 3 is 1.44 bits per heavy atom. The van der Waals surface area contributed by atoms with E-state index in [0.717, 1.165) is 11.1 Å². The molecule has 0 heterocycles. The van der Waals surface area contributed by atoms with Gasteiger partial charge in [0.2, 0.25) is 11.6 Å². The van der Waals surface area contributed by atoms with Crippen LogP contribution in [0.4, 0.5) is 0 Å². The second kappa shape index (κ2) is 9.30. The lowest BCUT2D eigenvalue weighted by Gasteiger charge is -2.39. The predicted molar refractivity (Wildman–Crippen MR) is 150 cm³/mol. The number of aryl methyl sites for hydroxylation is 2. The lowest BCUT2D eigenvalue weighted by Crippen LogP contribution is -2.30. The number of aromatic hydroxyl groups is 3. The number of carbonyl (C=O) groups excluding carboxylic acids is 2. The van der Waals surface area contributed by atoms with E-state index in [-0.39, 0.29) is 51.0 Å². The first-order valence-corrected chi connectivity index (χ1v) is 13.0. The van der Waals surface area contributed by atoms with Crippen molar-refractivity contribution in [2.75, 3.05) is 21.3 Å². The van der Waals surface area contributed by atoms with Gasteiger partial charge in [0.05, 0.1) is 43.6 Å². The minimum atomic E-state index is -0.701. The van der Waals surface area contributed by atoms with Crippen LogP contribution in [0, 0.1) is 13.8 Å². The largest absolute Gasteiger partial charge is 0.508 e. The van der Waals surface area contributed by atoms with Gasteiger partial charge >= 0.3 is 0 Å². The molecular formula is C33H28O8. The van der Waals surface area contributed by atoms with Crippen LogP contribution in [-0.2, 0) is 0 Å². The van der Waals surface area contributed by atoms with Gasteiger partial charge in [0.15, 0.2) is 0 Å². The molecule has 0 saturated carbocycles. The molecule has 6 rings (SSSR count). The lowest BCUT2D eigenvalue weighted by molar-refractivity contribution is 0.101. The molecule has 4 aromatic rings. The summed E-state index contributed by atoms with van der Waals surface area (Å²) in [6.45, 7) is 3.63. The first-order chi connectivity index (χ1) is 19.6. The second-order valence-corrected chi connectivity index (χ2v) is 10.5. The molecule has 41 heavy (non-hydrogen) atoms. The molecule has 0 aliphatic heterocycles. The fourth-order valence-corrected chi connectivity index (χ4v) is 6.53. The van der Waals surface area contributed by atoms with Gasteiger partial charge in [0.25, 0.3) is 0 Å². The molecule has 0 aromatic heterocycles. The van der Waals surface area contributed by atoms with Gasteiger partial charge in [-0.25, -0.2) is 0 Å². The number of fused-ring (bicyclic) bond motifs is 4. The van der Waals surface area contributed by atoms with Gasteiger partial charge in [-0.3, -0.25) is 9.59 Å². The van der Waals surface area contributed by atoms with Crippen LogP contribution < -0.4 is 14.2 Å². The summed E-state index contributed by atoms with van der Waals surface area (Å²) in [5, 5.41) is 33.0. The third-order valence-corrected chi connectivity index (χ3v) is 8.07. The van der Waals surface area contributed by atoms with E-state index in [0.29, 0.717) is 28.0 Å². The molecule has 8 nitrogen and oxygen atoms in total. The summed E-state index contributed by atoms with van der Waals surface area (Å²) in [7, 11) is 4.37. The van der Waals surface area contributed by atoms with Gasteiger partial charge in [-0.05, 0) is 71.5 Å². The third kappa shape index (κ3) is 3.74. The average Bonchev–Trinajstić information content (AvgIpc) is 2.92. The van der Waals surface area contributed by atoms with E-state index in [9.17, 15) is 24.9 Å². The molecule has 2 aliphatic rings. The Kier molecular flexibility index (Phi) is 5.95. The number of rotatable bonds is 4. The van der Waals surface area contributed by atoms with Gasteiger partial charge in [0.1, 0.15) is 34.5 Å². The Bertz CT molecular complexity index is 1800.